The standard InChI is InChI=1S/C31H52BN3O7/c1-23-24(32-41-26(2,3)27(4,5)42-32)15-33-35(23)22-30-17-28(6)16-29(7,18-30)20-31(19-28,21-30)40-14-13-39-12-11-38-10-9-34(8)25(36)37/h15H,9-14,16-22H2,1-8H3,(H,36,37). The van der Waals surface area contributed by atoms with Crippen LogP contribution in [0.5, 0.6) is 0 Å². The lowest BCUT2D eigenvalue weighted by atomic mass is 9.39. The van der Waals surface area contributed by atoms with Crippen LogP contribution in [0.2, 0.25) is 0 Å². The van der Waals surface area contributed by atoms with Gasteiger partial charge in [-0.05, 0) is 89.4 Å². The maximum atomic E-state index is 10.8. The number of likely N-dealkylation sites (N-methyl/N-ethyl adjacent to an activating group) is 1. The first-order valence-electron chi connectivity index (χ1n) is 15.6. The van der Waals surface area contributed by atoms with Crippen molar-refractivity contribution >= 4 is 18.7 Å². The highest BCUT2D eigenvalue weighted by Crippen LogP contribution is 2.72. The molecule has 11 heteroatoms. The smallest absolute Gasteiger partial charge is 0.465 e. The van der Waals surface area contributed by atoms with E-state index in [4.69, 9.17) is 33.7 Å². The topological polar surface area (TPSA) is 105 Å². The maximum Gasteiger partial charge on any atom is 0.498 e. The first-order chi connectivity index (χ1) is 19.5. The lowest BCUT2D eigenvalue weighted by Crippen LogP contribution is -2.64. The summed E-state index contributed by atoms with van der Waals surface area (Å²) in [6.45, 7) is 19.0. The van der Waals surface area contributed by atoms with Gasteiger partial charge >= 0.3 is 13.2 Å². The van der Waals surface area contributed by atoms with E-state index in [2.05, 4.69) is 53.1 Å². The SMILES string of the molecule is Cc1c(B2OC(C)(C)C(C)(C)O2)cnn1CC12CC3(C)CC(C)(C1)CC(OCCOCCOCCN(C)C(=O)O)(C3)C2. The van der Waals surface area contributed by atoms with E-state index in [0.717, 1.165) is 37.0 Å². The second-order valence-corrected chi connectivity index (χ2v) is 15.6. The predicted octanol–water partition coefficient (Wildman–Crippen LogP) is 4.27. The number of hydrogen-bond donors (Lipinski definition) is 1. The molecule has 6 rings (SSSR count). The number of nitrogens with zero attached hydrogens (tertiary/aromatic N) is 3. The number of ether oxygens (including phenoxy) is 3. The van der Waals surface area contributed by atoms with E-state index in [1.54, 1.807) is 0 Å². The average Bonchev–Trinajstić information content (AvgIpc) is 3.29. The maximum absolute atomic E-state index is 10.8. The fraction of sp³-hybridized carbons (Fsp3) is 0.871. The van der Waals surface area contributed by atoms with E-state index in [-0.39, 0.29) is 33.0 Å². The zero-order valence-electron chi connectivity index (χ0n) is 27.1. The van der Waals surface area contributed by atoms with Gasteiger partial charge in [0.25, 0.3) is 0 Å². The molecule has 1 N–H and O–H groups in total. The van der Waals surface area contributed by atoms with Gasteiger partial charge in [0.1, 0.15) is 0 Å². The van der Waals surface area contributed by atoms with Crippen LogP contribution in [0.3, 0.4) is 0 Å². The van der Waals surface area contributed by atoms with E-state index >= 15 is 0 Å². The molecule has 5 fully saturated rings. The number of amides is 1. The molecule has 4 saturated carbocycles. The minimum Gasteiger partial charge on any atom is -0.465 e. The van der Waals surface area contributed by atoms with Crippen molar-refractivity contribution in [3.05, 3.63) is 11.9 Å². The number of aromatic nitrogens is 2. The Morgan fingerprint density at radius 1 is 0.929 bits per heavy atom. The first-order valence-corrected chi connectivity index (χ1v) is 15.6. The van der Waals surface area contributed by atoms with Crippen LogP contribution in [0.4, 0.5) is 4.79 Å². The van der Waals surface area contributed by atoms with Gasteiger partial charge in [0.2, 0.25) is 0 Å². The zero-order valence-corrected chi connectivity index (χ0v) is 27.1. The Morgan fingerprint density at radius 3 is 2.10 bits per heavy atom. The van der Waals surface area contributed by atoms with E-state index < -0.39 is 13.2 Å². The summed E-state index contributed by atoms with van der Waals surface area (Å²) >= 11 is 0. The molecule has 2 atom stereocenters. The second kappa shape index (κ2) is 11.1. The van der Waals surface area contributed by atoms with E-state index in [1.165, 1.54) is 31.2 Å². The zero-order chi connectivity index (χ0) is 30.6. The third-order valence-electron chi connectivity index (χ3n) is 10.7. The summed E-state index contributed by atoms with van der Waals surface area (Å²) in [7, 11) is 1.13. The summed E-state index contributed by atoms with van der Waals surface area (Å²) in [6.07, 6.45) is 7.93. The molecule has 0 spiro atoms. The van der Waals surface area contributed by atoms with Gasteiger partial charge in [-0.3, -0.25) is 4.68 Å². The minimum atomic E-state index is -0.952. The van der Waals surface area contributed by atoms with Gasteiger partial charge in [0, 0.05) is 37.5 Å². The Bertz CT molecular complexity index is 1120. The molecule has 1 aromatic heterocycles. The molecule has 10 nitrogen and oxygen atoms in total. The molecule has 5 aliphatic rings. The third-order valence-corrected chi connectivity index (χ3v) is 10.7. The van der Waals surface area contributed by atoms with Crippen LogP contribution in [0.25, 0.3) is 0 Å². The van der Waals surface area contributed by atoms with Gasteiger partial charge < -0.3 is 33.5 Å². The van der Waals surface area contributed by atoms with Crippen LogP contribution in [-0.4, -0.2) is 96.4 Å². The Kier molecular flexibility index (Phi) is 8.36. The van der Waals surface area contributed by atoms with Gasteiger partial charge in [-0.15, -0.1) is 0 Å². The second-order valence-electron chi connectivity index (χ2n) is 15.6. The number of carboxylic acid groups (broad SMARTS) is 1. The molecule has 42 heavy (non-hydrogen) atoms. The molecule has 2 unspecified atom stereocenters. The Hall–Kier alpha value is -1.66. The van der Waals surface area contributed by atoms with Gasteiger partial charge in [0.05, 0.1) is 49.8 Å². The van der Waals surface area contributed by atoms with Gasteiger partial charge in [-0.25, -0.2) is 4.79 Å². The molecule has 1 saturated heterocycles. The summed E-state index contributed by atoms with van der Waals surface area (Å²) < 4.78 is 33.0. The van der Waals surface area contributed by atoms with Crippen LogP contribution in [0, 0.1) is 23.2 Å². The largest absolute Gasteiger partial charge is 0.498 e. The van der Waals surface area contributed by atoms with Crippen molar-refractivity contribution in [2.24, 2.45) is 16.2 Å². The highest BCUT2D eigenvalue weighted by atomic mass is 16.7. The van der Waals surface area contributed by atoms with Gasteiger partial charge in [-0.2, -0.15) is 5.10 Å². The molecule has 0 aromatic carbocycles. The molecule has 0 radical (unpaired) electrons. The van der Waals surface area contributed by atoms with Crippen molar-refractivity contribution in [2.75, 3.05) is 46.6 Å². The quantitative estimate of drug-likeness (QED) is 0.269. The molecule has 236 valence electrons. The summed E-state index contributed by atoms with van der Waals surface area (Å²) in [5, 5.41) is 13.8. The fourth-order valence-corrected chi connectivity index (χ4v) is 9.23. The molecule has 4 aliphatic carbocycles. The van der Waals surface area contributed by atoms with Crippen molar-refractivity contribution in [1.29, 1.82) is 0 Å². The average molecular weight is 590 g/mol. The van der Waals surface area contributed by atoms with Crippen molar-refractivity contribution in [3.8, 4) is 0 Å². The van der Waals surface area contributed by atoms with Crippen LogP contribution in [0.1, 0.15) is 85.8 Å². The molecule has 1 aromatic rings. The van der Waals surface area contributed by atoms with Crippen molar-refractivity contribution in [1.82, 2.24) is 14.7 Å². The highest BCUT2D eigenvalue weighted by molar-refractivity contribution is 6.62. The number of carbonyl (C=O) groups is 1. The summed E-state index contributed by atoms with van der Waals surface area (Å²) in [4.78, 5) is 12.0. The Morgan fingerprint density at radius 2 is 1.50 bits per heavy atom. The van der Waals surface area contributed by atoms with E-state index in [9.17, 15) is 4.79 Å². The lowest BCUT2D eigenvalue weighted by Gasteiger charge is -2.69. The first kappa shape index (κ1) is 31.8. The summed E-state index contributed by atoms with van der Waals surface area (Å²) in [5.74, 6) is 0. The Labute approximate surface area is 251 Å². The van der Waals surface area contributed by atoms with Crippen LogP contribution in [0.15, 0.2) is 6.20 Å². The third kappa shape index (κ3) is 6.27. The molecule has 1 amide bonds. The molecule has 1 aliphatic heterocycles. The minimum absolute atomic E-state index is 0.130. The normalized spacial score (nSPS) is 34.3. The van der Waals surface area contributed by atoms with Crippen LogP contribution < -0.4 is 5.46 Å². The van der Waals surface area contributed by atoms with Crippen molar-refractivity contribution in [2.45, 2.75) is 110 Å². The summed E-state index contributed by atoms with van der Waals surface area (Å²) in [6, 6.07) is 0. The van der Waals surface area contributed by atoms with Gasteiger partial charge in [0.15, 0.2) is 0 Å². The van der Waals surface area contributed by atoms with Gasteiger partial charge in [-0.1, -0.05) is 13.8 Å². The molecule has 2 heterocycles. The predicted molar refractivity (Wildman–Crippen MR) is 160 cm³/mol. The highest BCUT2D eigenvalue weighted by Gasteiger charge is 2.66. The van der Waals surface area contributed by atoms with Crippen molar-refractivity contribution in [3.63, 3.8) is 0 Å². The van der Waals surface area contributed by atoms with Crippen molar-refractivity contribution < 1.29 is 33.4 Å². The molecular formula is C31H52BN3O7. The number of rotatable bonds is 13. The fourth-order valence-electron chi connectivity index (χ4n) is 9.23. The van der Waals surface area contributed by atoms with E-state index in [0.29, 0.717) is 39.6 Å². The van der Waals surface area contributed by atoms with E-state index in [1.807, 2.05) is 6.20 Å². The number of hydrogen-bond acceptors (Lipinski definition) is 7. The molecular weight excluding hydrogens is 537 g/mol. The summed E-state index contributed by atoms with van der Waals surface area (Å²) in [5.41, 5.74) is 1.92. The lowest BCUT2D eigenvalue weighted by molar-refractivity contribution is -0.250. The van der Waals surface area contributed by atoms with Crippen LogP contribution in [-0.2, 0) is 30.1 Å². The van der Waals surface area contributed by atoms with Crippen LogP contribution >= 0.6 is 0 Å². The monoisotopic (exact) mass is 589 g/mol. The molecule has 4 bridgehead atoms. The Balaban J connectivity index is 1.18.